The van der Waals surface area contributed by atoms with E-state index in [1.807, 2.05) is 6.07 Å². The van der Waals surface area contributed by atoms with Gasteiger partial charge in [0.05, 0.1) is 4.90 Å². The molecule has 0 spiro atoms. The van der Waals surface area contributed by atoms with Crippen LogP contribution in [-0.2, 0) is 15.7 Å². The number of benzene rings is 1. The average molecular weight is 219 g/mol. The zero-order valence-corrected chi connectivity index (χ0v) is 9.11. The number of rotatable bonds is 2. The van der Waals surface area contributed by atoms with Gasteiger partial charge in [0.2, 0.25) is 0 Å². The van der Waals surface area contributed by atoms with Crippen LogP contribution in [0.25, 0.3) is 0 Å². The Bertz CT molecular complexity index is 410. The lowest BCUT2D eigenvalue weighted by atomic mass is 10.2. The van der Waals surface area contributed by atoms with Gasteiger partial charge in [0.15, 0.2) is 9.84 Å². The maximum atomic E-state index is 11.4. The predicted molar refractivity (Wildman–Crippen MR) is 53.8 cm³/mol. The smallest absolute Gasteiger partial charge is 0.176 e. The second-order valence-electron chi connectivity index (χ2n) is 2.97. The number of hydrogen-bond donors (Lipinski definition) is 0. The van der Waals surface area contributed by atoms with Gasteiger partial charge in [-0.05, 0) is 18.1 Å². The quantitative estimate of drug-likeness (QED) is 0.713. The molecule has 72 valence electrons. The fourth-order valence-electron chi connectivity index (χ4n) is 1.35. The van der Waals surface area contributed by atoms with E-state index >= 15 is 0 Å². The van der Waals surface area contributed by atoms with Crippen molar-refractivity contribution < 1.29 is 8.42 Å². The molecular weight excluding hydrogens is 208 g/mol. The number of halogens is 1. The lowest BCUT2D eigenvalue weighted by Gasteiger charge is -2.07. The Morgan fingerprint density at radius 3 is 2.38 bits per heavy atom. The van der Waals surface area contributed by atoms with Gasteiger partial charge in [-0.1, -0.05) is 18.2 Å². The molecule has 0 unspecified atom stereocenters. The minimum absolute atomic E-state index is 0.226. The van der Waals surface area contributed by atoms with Gasteiger partial charge in [0.25, 0.3) is 0 Å². The second-order valence-corrected chi connectivity index (χ2v) is 5.19. The zero-order valence-electron chi connectivity index (χ0n) is 7.54. The maximum absolute atomic E-state index is 11.4. The number of hydrogen-bond acceptors (Lipinski definition) is 2. The van der Waals surface area contributed by atoms with Crippen LogP contribution in [0.2, 0.25) is 0 Å². The highest BCUT2D eigenvalue weighted by Crippen LogP contribution is 2.21. The van der Waals surface area contributed by atoms with Gasteiger partial charge >= 0.3 is 0 Å². The molecule has 0 atom stereocenters. The first kappa shape index (κ1) is 10.5. The summed E-state index contributed by atoms with van der Waals surface area (Å²) in [6.07, 6.45) is 1.20. The minimum Gasteiger partial charge on any atom is -0.224 e. The topological polar surface area (TPSA) is 34.1 Å². The standard InChI is InChI=1S/C9H11ClO2S/c1-7-4-3-5-8(6-10)9(7)13(2,11)12/h3-5H,6H2,1-2H3. The van der Waals surface area contributed by atoms with Crippen LogP contribution in [0.15, 0.2) is 23.1 Å². The van der Waals surface area contributed by atoms with Gasteiger partial charge in [0, 0.05) is 12.1 Å². The Morgan fingerprint density at radius 2 is 2.00 bits per heavy atom. The molecule has 2 nitrogen and oxygen atoms in total. The molecule has 0 bridgehead atoms. The Kier molecular flexibility index (Phi) is 2.98. The fourth-order valence-corrected chi connectivity index (χ4v) is 2.92. The summed E-state index contributed by atoms with van der Waals surface area (Å²) in [5.74, 6) is 0.226. The van der Waals surface area contributed by atoms with E-state index in [0.717, 1.165) is 5.56 Å². The molecule has 0 amide bonds. The molecule has 1 aromatic carbocycles. The molecule has 0 aliphatic heterocycles. The Hall–Kier alpha value is -0.540. The highest BCUT2D eigenvalue weighted by atomic mass is 35.5. The van der Waals surface area contributed by atoms with Crippen molar-refractivity contribution in [3.63, 3.8) is 0 Å². The average Bonchev–Trinajstić information content (AvgIpc) is 2.01. The first-order valence-electron chi connectivity index (χ1n) is 3.81. The molecule has 0 saturated carbocycles. The monoisotopic (exact) mass is 218 g/mol. The van der Waals surface area contributed by atoms with E-state index < -0.39 is 9.84 Å². The molecule has 4 heteroatoms. The molecule has 1 rings (SSSR count). The van der Waals surface area contributed by atoms with Gasteiger partial charge < -0.3 is 0 Å². The molecule has 0 fully saturated rings. The van der Waals surface area contributed by atoms with E-state index in [2.05, 4.69) is 0 Å². The fraction of sp³-hybridized carbons (Fsp3) is 0.333. The van der Waals surface area contributed by atoms with Crippen molar-refractivity contribution >= 4 is 21.4 Å². The number of alkyl halides is 1. The van der Waals surface area contributed by atoms with Crippen molar-refractivity contribution in [2.45, 2.75) is 17.7 Å². The van der Waals surface area contributed by atoms with Gasteiger partial charge in [-0.3, -0.25) is 0 Å². The van der Waals surface area contributed by atoms with E-state index in [1.54, 1.807) is 19.1 Å². The van der Waals surface area contributed by atoms with Crippen LogP contribution in [0, 0.1) is 6.92 Å². The van der Waals surface area contributed by atoms with Crippen molar-refractivity contribution in [3.05, 3.63) is 29.3 Å². The first-order valence-corrected chi connectivity index (χ1v) is 6.24. The summed E-state index contributed by atoms with van der Waals surface area (Å²) in [5.41, 5.74) is 1.42. The summed E-state index contributed by atoms with van der Waals surface area (Å²) < 4.78 is 22.7. The molecule has 0 saturated heterocycles. The number of aryl methyl sites for hydroxylation is 1. The minimum atomic E-state index is -3.16. The maximum Gasteiger partial charge on any atom is 0.176 e. The molecule has 13 heavy (non-hydrogen) atoms. The van der Waals surface area contributed by atoms with Gasteiger partial charge in [-0.25, -0.2) is 8.42 Å². The molecule has 0 heterocycles. The van der Waals surface area contributed by atoms with E-state index in [1.165, 1.54) is 6.26 Å². The van der Waals surface area contributed by atoms with Crippen molar-refractivity contribution in [1.82, 2.24) is 0 Å². The summed E-state index contributed by atoms with van der Waals surface area (Å²) in [6, 6.07) is 5.31. The van der Waals surface area contributed by atoms with Crippen LogP contribution in [0.3, 0.4) is 0 Å². The first-order chi connectivity index (χ1) is 5.96. The zero-order chi connectivity index (χ0) is 10.1. The van der Waals surface area contributed by atoms with Crippen LogP contribution in [-0.4, -0.2) is 14.7 Å². The van der Waals surface area contributed by atoms with Crippen molar-refractivity contribution in [3.8, 4) is 0 Å². The van der Waals surface area contributed by atoms with Gasteiger partial charge in [-0.15, -0.1) is 11.6 Å². The van der Waals surface area contributed by atoms with Crippen molar-refractivity contribution in [2.24, 2.45) is 0 Å². The highest BCUT2D eigenvalue weighted by Gasteiger charge is 2.14. The third-order valence-electron chi connectivity index (χ3n) is 1.81. The molecule has 0 aromatic heterocycles. The Balaban J connectivity index is 3.50. The van der Waals surface area contributed by atoms with Gasteiger partial charge in [-0.2, -0.15) is 0 Å². The largest absolute Gasteiger partial charge is 0.224 e. The third kappa shape index (κ3) is 2.23. The van der Waals surface area contributed by atoms with Crippen LogP contribution < -0.4 is 0 Å². The van der Waals surface area contributed by atoms with Crippen LogP contribution in [0.1, 0.15) is 11.1 Å². The Labute approximate surface area is 83.5 Å². The molecule has 0 aliphatic rings. The summed E-state index contributed by atoms with van der Waals surface area (Å²) >= 11 is 5.65. The second kappa shape index (κ2) is 3.68. The lowest BCUT2D eigenvalue weighted by molar-refractivity contribution is 0.600. The van der Waals surface area contributed by atoms with E-state index in [-0.39, 0.29) is 5.88 Å². The summed E-state index contributed by atoms with van der Waals surface area (Å²) in [5, 5.41) is 0. The van der Waals surface area contributed by atoms with Gasteiger partial charge in [0.1, 0.15) is 0 Å². The van der Waals surface area contributed by atoms with E-state index in [9.17, 15) is 8.42 Å². The normalized spacial score (nSPS) is 11.6. The Morgan fingerprint density at radius 1 is 1.38 bits per heavy atom. The third-order valence-corrected chi connectivity index (χ3v) is 3.42. The van der Waals surface area contributed by atoms with Crippen LogP contribution >= 0.6 is 11.6 Å². The van der Waals surface area contributed by atoms with E-state index in [4.69, 9.17) is 11.6 Å². The molecule has 0 radical (unpaired) electrons. The molecule has 0 aliphatic carbocycles. The molecular formula is C9H11ClO2S. The summed E-state index contributed by atoms with van der Waals surface area (Å²) in [4.78, 5) is 0.366. The van der Waals surface area contributed by atoms with Crippen molar-refractivity contribution in [1.29, 1.82) is 0 Å². The molecule has 1 aromatic rings. The summed E-state index contributed by atoms with van der Waals surface area (Å²) in [6.45, 7) is 1.77. The predicted octanol–water partition coefficient (Wildman–Crippen LogP) is 2.14. The molecule has 0 N–H and O–H groups in total. The lowest BCUT2D eigenvalue weighted by Crippen LogP contribution is -2.03. The van der Waals surface area contributed by atoms with Crippen LogP contribution in [0.4, 0.5) is 0 Å². The SMILES string of the molecule is Cc1cccc(CCl)c1S(C)(=O)=O. The number of sulfone groups is 1. The van der Waals surface area contributed by atoms with Crippen LogP contribution in [0.5, 0.6) is 0 Å². The van der Waals surface area contributed by atoms with Crippen molar-refractivity contribution in [2.75, 3.05) is 6.26 Å². The highest BCUT2D eigenvalue weighted by molar-refractivity contribution is 7.90. The summed E-state index contributed by atoms with van der Waals surface area (Å²) in [7, 11) is -3.16. The van der Waals surface area contributed by atoms with E-state index in [0.29, 0.717) is 10.5 Å².